The maximum Gasteiger partial charge on any atom is 0.245 e. The molecule has 2 bridgehead atoms. The zero-order valence-corrected chi connectivity index (χ0v) is 36.3. The number of hydrogen-bond acceptors (Lipinski definition) is 10. The number of carbonyl (C=O) groups excluding carboxylic acids is 4. The summed E-state index contributed by atoms with van der Waals surface area (Å²) in [6.45, 7) is 10.4. The lowest BCUT2D eigenvalue weighted by molar-refractivity contribution is -0.148. The van der Waals surface area contributed by atoms with Gasteiger partial charge in [0.05, 0.1) is 48.7 Å². The summed E-state index contributed by atoms with van der Waals surface area (Å²) in [4.78, 5) is 66.6. The van der Waals surface area contributed by atoms with Crippen LogP contribution in [0.2, 0.25) is 0 Å². The maximum atomic E-state index is 14.4. The third kappa shape index (κ3) is 10.2. The van der Waals surface area contributed by atoms with Crippen LogP contribution in [-0.2, 0) is 35.1 Å². The Morgan fingerprint density at radius 1 is 1.07 bits per heavy atom. The van der Waals surface area contributed by atoms with Crippen LogP contribution in [0.5, 0.6) is 0 Å². The van der Waals surface area contributed by atoms with Gasteiger partial charge in [0, 0.05) is 51.1 Å². The first kappa shape index (κ1) is 44.5. The van der Waals surface area contributed by atoms with Crippen LogP contribution in [0.3, 0.4) is 0 Å². The van der Waals surface area contributed by atoms with Gasteiger partial charge in [-0.25, -0.2) is 4.98 Å². The molecule has 4 N–H and O–H groups in total. The average Bonchev–Trinajstić information content (AvgIpc) is 4.02. The van der Waals surface area contributed by atoms with Crippen molar-refractivity contribution >= 4 is 40.7 Å². The fourth-order valence-electron chi connectivity index (χ4n) is 9.75. The third-order valence-electron chi connectivity index (χ3n) is 13.1. The van der Waals surface area contributed by atoms with Crippen molar-refractivity contribution in [1.82, 2.24) is 30.3 Å². The van der Waals surface area contributed by atoms with Crippen molar-refractivity contribution in [1.29, 1.82) is 0 Å². The molecule has 0 radical (unpaired) electrons. The van der Waals surface area contributed by atoms with E-state index in [0.29, 0.717) is 37.0 Å². The van der Waals surface area contributed by atoms with Gasteiger partial charge in [0.1, 0.15) is 11.0 Å². The van der Waals surface area contributed by atoms with E-state index in [-0.39, 0.29) is 60.0 Å². The van der Waals surface area contributed by atoms with Crippen LogP contribution in [-0.4, -0.2) is 121 Å². The summed E-state index contributed by atoms with van der Waals surface area (Å²) in [5.41, 5.74) is 7.70. The van der Waals surface area contributed by atoms with Gasteiger partial charge < -0.3 is 35.6 Å². The van der Waals surface area contributed by atoms with Gasteiger partial charge in [-0.05, 0) is 81.0 Å². The Kier molecular flexibility index (Phi) is 15.5. The minimum atomic E-state index is -0.714. The number of benzene rings is 1. The van der Waals surface area contributed by atoms with Gasteiger partial charge in [-0.1, -0.05) is 53.2 Å². The molecule has 2 saturated heterocycles. The van der Waals surface area contributed by atoms with Crippen molar-refractivity contribution in [3.05, 3.63) is 46.4 Å². The van der Waals surface area contributed by atoms with Gasteiger partial charge >= 0.3 is 0 Å². The molecule has 5 rings (SSSR count). The van der Waals surface area contributed by atoms with Crippen molar-refractivity contribution in [2.75, 3.05) is 40.6 Å². The van der Waals surface area contributed by atoms with E-state index < -0.39 is 30.2 Å². The molecule has 57 heavy (non-hydrogen) atoms. The molecule has 1 saturated carbocycles. The number of ether oxygens (including phenoxy) is 2. The number of thiazole rings is 1. The van der Waals surface area contributed by atoms with Crippen LogP contribution in [0.1, 0.15) is 96.2 Å². The lowest BCUT2D eigenvalue weighted by Gasteiger charge is -2.41. The Balaban J connectivity index is 1.27. The molecule has 0 spiro atoms. The van der Waals surface area contributed by atoms with Gasteiger partial charge in [-0.2, -0.15) is 0 Å². The fraction of sp³-hybridized carbons (Fsp3) is 0.698. The second-order valence-electron chi connectivity index (χ2n) is 17.0. The number of rotatable bonds is 19. The quantitative estimate of drug-likeness (QED) is 0.172. The number of nitrogens with one attached hydrogen (secondary N) is 2. The third-order valence-corrected chi connectivity index (χ3v) is 14.0. The normalized spacial score (nSPS) is 24.4. The number of likely N-dealkylation sites (tertiary alicyclic amines) is 2. The summed E-state index contributed by atoms with van der Waals surface area (Å²) in [7, 11) is 6.97. The fourth-order valence-corrected chi connectivity index (χ4v) is 10.4. The number of aromatic nitrogens is 1. The molecule has 14 heteroatoms. The van der Waals surface area contributed by atoms with Crippen molar-refractivity contribution < 1.29 is 28.7 Å². The summed E-state index contributed by atoms with van der Waals surface area (Å²) >= 11 is 1.48. The Morgan fingerprint density at radius 2 is 1.82 bits per heavy atom. The molecule has 3 aliphatic rings. The molecule has 2 aromatic rings. The molecular weight excluding hydrogens is 743 g/mol. The van der Waals surface area contributed by atoms with E-state index in [9.17, 15) is 19.2 Å². The second kappa shape index (κ2) is 19.9. The minimum Gasteiger partial charge on any atom is -0.399 e. The van der Waals surface area contributed by atoms with Gasteiger partial charge in [0.25, 0.3) is 0 Å². The highest BCUT2D eigenvalue weighted by Gasteiger charge is 2.49. The predicted octanol–water partition coefficient (Wildman–Crippen LogP) is 4.67. The van der Waals surface area contributed by atoms with Crippen LogP contribution in [0, 0.1) is 23.7 Å². The lowest BCUT2D eigenvalue weighted by atomic mass is 9.89. The first-order valence-corrected chi connectivity index (χ1v) is 21.8. The first-order valence-electron chi connectivity index (χ1n) is 20.9. The molecule has 316 valence electrons. The number of piperidine rings is 1. The van der Waals surface area contributed by atoms with E-state index in [0.717, 1.165) is 42.7 Å². The molecule has 11 atom stereocenters. The number of nitrogens with two attached hydrogens (primary N) is 1. The van der Waals surface area contributed by atoms with Crippen LogP contribution in [0.15, 0.2) is 35.8 Å². The van der Waals surface area contributed by atoms with Crippen LogP contribution >= 0.6 is 11.3 Å². The minimum absolute atomic E-state index is 0.000150. The maximum absolute atomic E-state index is 14.4. The van der Waals surface area contributed by atoms with E-state index in [1.165, 1.54) is 11.3 Å². The molecule has 1 aromatic carbocycles. The zero-order chi connectivity index (χ0) is 41.6. The van der Waals surface area contributed by atoms with Crippen LogP contribution in [0.25, 0.3) is 0 Å². The van der Waals surface area contributed by atoms with Crippen molar-refractivity contribution in [2.45, 2.75) is 134 Å². The van der Waals surface area contributed by atoms with E-state index in [1.54, 1.807) is 32.4 Å². The Hall–Kier alpha value is -3.59. The summed E-state index contributed by atoms with van der Waals surface area (Å²) < 4.78 is 12.1. The number of amides is 4. The summed E-state index contributed by atoms with van der Waals surface area (Å²) in [6, 6.07) is 6.02. The van der Waals surface area contributed by atoms with E-state index in [2.05, 4.69) is 34.4 Å². The van der Waals surface area contributed by atoms with Crippen molar-refractivity contribution in [2.24, 2.45) is 23.7 Å². The van der Waals surface area contributed by atoms with Gasteiger partial charge in [0.15, 0.2) is 0 Å². The van der Waals surface area contributed by atoms with Crippen LogP contribution in [0.4, 0.5) is 5.69 Å². The largest absolute Gasteiger partial charge is 0.399 e. The Bertz CT molecular complexity index is 1660. The van der Waals surface area contributed by atoms with Crippen molar-refractivity contribution in [3.8, 4) is 0 Å². The SMILES string of the molecule is CCC(C)C(C(CC(=O)N1CCC[C@H]1C(OC)C(C)C(=O)NC(Cc1cccc(N)c1)c1nccs1)OC)N(C)C(=O)C(NC(=O)[C@@H]1[C@H]2CC[C@H](C2)N1C)C(C)C. The number of methoxy groups -OCH3 is 2. The first-order chi connectivity index (χ1) is 27.2. The van der Waals surface area contributed by atoms with Gasteiger partial charge in [-0.3, -0.25) is 24.1 Å². The van der Waals surface area contributed by atoms with Crippen LogP contribution < -0.4 is 16.4 Å². The highest BCUT2D eigenvalue weighted by atomic mass is 32.1. The second-order valence-corrected chi connectivity index (χ2v) is 18.0. The standard InChI is InChI=1S/C43H67N7O6S/c1-10-26(4)37(49(7)43(54)36(25(2)3)47-41(53)38-29-16-17-31(23-29)48(38)6)34(55-8)24-35(51)50-19-12-15-33(50)39(56-9)27(5)40(52)46-32(42-45-18-20-57-42)22-28-13-11-14-30(44)21-28/h11,13-14,18,20-21,25-27,29,31-34,36-39H,10,12,15-17,19,22-24,44H2,1-9H3,(H,46,52)(H,47,53)/t26?,27?,29-,31+,32?,33-,34?,36?,37?,38-,39?/m0/s1. The van der Waals surface area contributed by atoms with E-state index in [4.69, 9.17) is 15.2 Å². The lowest BCUT2D eigenvalue weighted by Crippen LogP contribution is -2.60. The molecule has 3 heterocycles. The van der Waals surface area contributed by atoms with Gasteiger partial charge in [0.2, 0.25) is 23.6 Å². The molecular formula is C43H67N7O6S. The molecule has 2 aliphatic heterocycles. The number of hydrogen-bond donors (Lipinski definition) is 3. The summed E-state index contributed by atoms with van der Waals surface area (Å²) in [5, 5.41) is 9.05. The summed E-state index contributed by atoms with van der Waals surface area (Å²) in [5.74, 6) is -0.957. The highest BCUT2D eigenvalue weighted by molar-refractivity contribution is 7.09. The number of fused-ring (bicyclic) bond motifs is 2. The number of nitrogen functional groups attached to an aromatic ring is 1. The Morgan fingerprint density at radius 3 is 2.42 bits per heavy atom. The zero-order valence-electron chi connectivity index (χ0n) is 35.5. The van der Waals surface area contributed by atoms with Gasteiger partial charge in [-0.15, -0.1) is 11.3 Å². The molecule has 4 amide bonds. The molecule has 13 nitrogen and oxygen atoms in total. The highest BCUT2D eigenvalue weighted by Crippen LogP contribution is 2.41. The van der Waals surface area contributed by atoms with E-state index >= 15 is 0 Å². The molecule has 1 aliphatic carbocycles. The number of anilines is 1. The number of carbonyl (C=O) groups is 4. The van der Waals surface area contributed by atoms with Crippen molar-refractivity contribution in [3.63, 3.8) is 0 Å². The smallest absolute Gasteiger partial charge is 0.245 e. The van der Waals surface area contributed by atoms with E-state index in [1.807, 2.05) is 62.4 Å². The average molecular weight is 810 g/mol. The topological polar surface area (TPSA) is 159 Å². The number of nitrogens with zero attached hydrogens (tertiary/aromatic N) is 4. The summed E-state index contributed by atoms with van der Waals surface area (Å²) in [6.07, 6.45) is 6.57. The predicted molar refractivity (Wildman–Crippen MR) is 223 cm³/mol. The molecule has 7 unspecified atom stereocenters. The number of likely N-dealkylation sites (N-methyl/N-ethyl adjacent to an activating group) is 2. The molecule has 1 aromatic heterocycles. The Labute approximate surface area is 343 Å². The monoisotopic (exact) mass is 809 g/mol. The molecule has 3 fully saturated rings.